The van der Waals surface area contributed by atoms with Crippen molar-refractivity contribution in [3.8, 4) is 5.75 Å². The minimum absolute atomic E-state index is 0.131. The molecule has 1 aromatic carbocycles. The Kier molecular flexibility index (Phi) is 3.73. The first-order valence-electron chi connectivity index (χ1n) is 5.95. The Hall–Kier alpha value is -1.27. The number of benzene rings is 1. The summed E-state index contributed by atoms with van der Waals surface area (Å²) >= 11 is 0. The SMILES string of the molecule is CC(O)(c1cccc(OC(F)(F)F)c1)C1CCOC1. The Labute approximate surface area is 108 Å². The molecule has 0 amide bonds. The number of alkyl halides is 3. The van der Waals surface area contributed by atoms with Crippen LogP contribution in [0.3, 0.4) is 0 Å². The van der Waals surface area contributed by atoms with Gasteiger partial charge < -0.3 is 14.6 Å². The Balaban J connectivity index is 2.22. The first-order valence-corrected chi connectivity index (χ1v) is 5.95. The third-order valence-electron chi connectivity index (χ3n) is 3.38. The molecule has 0 bridgehead atoms. The fourth-order valence-electron chi connectivity index (χ4n) is 2.22. The highest BCUT2D eigenvalue weighted by molar-refractivity contribution is 5.32. The Morgan fingerprint density at radius 1 is 1.37 bits per heavy atom. The fraction of sp³-hybridized carbons (Fsp3) is 0.538. The number of rotatable bonds is 3. The van der Waals surface area contributed by atoms with Gasteiger partial charge in [-0.3, -0.25) is 0 Å². The molecule has 3 nitrogen and oxygen atoms in total. The van der Waals surface area contributed by atoms with Crippen LogP contribution >= 0.6 is 0 Å². The third kappa shape index (κ3) is 3.39. The molecule has 106 valence electrons. The number of hydrogen-bond acceptors (Lipinski definition) is 3. The highest BCUT2D eigenvalue weighted by Gasteiger charge is 2.37. The van der Waals surface area contributed by atoms with E-state index in [0.717, 1.165) is 0 Å². The van der Waals surface area contributed by atoms with E-state index in [1.54, 1.807) is 13.0 Å². The summed E-state index contributed by atoms with van der Waals surface area (Å²) in [6, 6.07) is 5.44. The van der Waals surface area contributed by atoms with E-state index >= 15 is 0 Å². The van der Waals surface area contributed by atoms with Crippen LogP contribution in [-0.2, 0) is 10.3 Å². The zero-order valence-electron chi connectivity index (χ0n) is 10.4. The van der Waals surface area contributed by atoms with Crippen LogP contribution in [0.15, 0.2) is 24.3 Å². The average Bonchev–Trinajstić information content (AvgIpc) is 2.80. The van der Waals surface area contributed by atoms with Crippen molar-refractivity contribution in [1.82, 2.24) is 0 Å². The molecule has 2 rings (SSSR count). The average molecular weight is 276 g/mol. The van der Waals surface area contributed by atoms with Gasteiger partial charge in [-0.25, -0.2) is 0 Å². The molecule has 1 saturated heterocycles. The van der Waals surface area contributed by atoms with E-state index in [9.17, 15) is 18.3 Å². The lowest BCUT2D eigenvalue weighted by molar-refractivity contribution is -0.274. The van der Waals surface area contributed by atoms with Gasteiger partial charge in [0, 0.05) is 12.5 Å². The van der Waals surface area contributed by atoms with Crippen LogP contribution in [0, 0.1) is 5.92 Å². The molecular weight excluding hydrogens is 261 g/mol. The van der Waals surface area contributed by atoms with Crippen molar-refractivity contribution < 1.29 is 27.8 Å². The second kappa shape index (κ2) is 5.02. The summed E-state index contributed by atoms with van der Waals surface area (Å²) in [5.41, 5.74) is -0.841. The van der Waals surface area contributed by atoms with E-state index < -0.39 is 12.0 Å². The van der Waals surface area contributed by atoms with Crippen LogP contribution in [0.25, 0.3) is 0 Å². The smallest absolute Gasteiger partial charge is 0.406 e. The summed E-state index contributed by atoms with van der Waals surface area (Å²) < 4.78 is 45.6. The van der Waals surface area contributed by atoms with Crippen LogP contribution < -0.4 is 4.74 Å². The van der Waals surface area contributed by atoms with Crippen LogP contribution in [0.5, 0.6) is 5.75 Å². The van der Waals surface area contributed by atoms with Gasteiger partial charge in [-0.1, -0.05) is 12.1 Å². The number of hydrogen-bond donors (Lipinski definition) is 1. The Bertz CT molecular complexity index is 437. The Morgan fingerprint density at radius 3 is 2.68 bits per heavy atom. The van der Waals surface area contributed by atoms with Crippen molar-refractivity contribution in [2.24, 2.45) is 5.92 Å². The van der Waals surface area contributed by atoms with E-state index in [-0.39, 0.29) is 11.7 Å². The van der Waals surface area contributed by atoms with Crippen molar-refractivity contribution in [1.29, 1.82) is 0 Å². The fourth-order valence-corrected chi connectivity index (χ4v) is 2.22. The van der Waals surface area contributed by atoms with E-state index in [0.29, 0.717) is 25.2 Å². The van der Waals surface area contributed by atoms with Gasteiger partial charge in [-0.15, -0.1) is 13.2 Å². The maximum absolute atomic E-state index is 12.2. The van der Waals surface area contributed by atoms with Crippen LogP contribution in [0.2, 0.25) is 0 Å². The van der Waals surface area contributed by atoms with Gasteiger partial charge in [0.1, 0.15) is 5.75 Å². The summed E-state index contributed by atoms with van der Waals surface area (Å²) in [7, 11) is 0. The molecule has 2 atom stereocenters. The zero-order chi connectivity index (χ0) is 14.1. The first-order chi connectivity index (χ1) is 8.79. The second-order valence-corrected chi connectivity index (χ2v) is 4.78. The lowest BCUT2D eigenvalue weighted by Gasteiger charge is -2.30. The van der Waals surface area contributed by atoms with Gasteiger partial charge in [-0.05, 0) is 31.0 Å². The molecule has 6 heteroatoms. The number of aliphatic hydroxyl groups is 1. The highest BCUT2D eigenvalue weighted by Crippen LogP contribution is 2.36. The van der Waals surface area contributed by atoms with Gasteiger partial charge >= 0.3 is 6.36 Å². The summed E-state index contributed by atoms with van der Waals surface area (Å²) in [6.07, 6.45) is -4.06. The normalized spacial score (nSPS) is 23.1. The van der Waals surface area contributed by atoms with Crippen molar-refractivity contribution in [2.45, 2.75) is 25.3 Å². The van der Waals surface area contributed by atoms with Gasteiger partial charge in [0.15, 0.2) is 0 Å². The molecule has 0 spiro atoms. The molecule has 1 aliphatic heterocycles. The van der Waals surface area contributed by atoms with Crippen molar-refractivity contribution in [2.75, 3.05) is 13.2 Å². The summed E-state index contributed by atoms with van der Waals surface area (Å²) in [5, 5.41) is 10.5. The second-order valence-electron chi connectivity index (χ2n) is 4.78. The molecule has 0 radical (unpaired) electrons. The minimum Gasteiger partial charge on any atom is -0.406 e. The van der Waals surface area contributed by atoms with Crippen LogP contribution in [0.1, 0.15) is 18.9 Å². The first kappa shape index (κ1) is 14.1. The monoisotopic (exact) mass is 276 g/mol. The maximum Gasteiger partial charge on any atom is 0.573 e. The van der Waals surface area contributed by atoms with Crippen molar-refractivity contribution in [3.05, 3.63) is 29.8 Å². The van der Waals surface area contributed by atoms with Crippen LogP contribution in [0.4, 0.5) is 13.2 Å². The van der Waals surface area contributed by atoms with Gasteiger partial charge in [0.25, 0.3) is 0 Å². The highest BCUT2D eigenvalue weighted by atomic mass is 19.4. The molecule has 2 unspecified atom stereocenters. The summed E-state index contributed by atoms with van der Waals surface area (Å²) in [6.45, 7) is 2.54. The molecule has 1 fully saturated rings. The van der Waals surface area contributed by atoms with Gasteiger partial charge in [0.05, 0.1) is 12.2 Å². The largest absolute Gasteiger partial charge is 0.573 e. The van der Waals surface area contributed by atoms with Crippen molar-refractivity contribution >= 4 is 0 Å². The molecule has 1 aliphatic rings. The van der Waals surface area contributed by atoms with E-state index in [4.69, 9.17) is 4.74 Å². The Morgan fingerprint density at radius 2 is 2.11 bits per heavy atom. The number of ether oxygens (including phenoxy) is 2. The lowest BCUT2D eigenvalue weighted by Crippen LogP contribution is -2.32. The third-order valence-corrected chi connectivity index (χ3v) is 3.38. The van der Waals surface area contributed by atoms with E-state index in [1.807, 2.05) is 0 Å². The quantitative estimate of drug-likeness (QED) is 0.922. The topological polar surface area (TPSA) is 38.7 Å². The maximum atomic E-state index is 12.2. The molecule has 0 saturated carbocycles. The summed E-state index contributed by atoms with van der Waals surface area (Å²) in [5.74, 6) is -0.460. The summed E-state index contributed by atoms with van der Waals surface area (Å²) in [4.78, 5) is 0. The van der Waals surface area contributed by atoms with E-state index in [2.05, 4.69) is 4.74 Å². The molecule has 1 aromatic rings. The van der Waals surface area contributed by atoms with E-state index in [1.165, 1.54) is 18.2 Å². The predicted octanol–water partition coefficient (Wildman–Crippen LogP) is 2.83. The molecule has 0 aliphatic carbocycles. The predicted molar refractivity (Wildman–Crippen MR) is 61.6 cm³/mol. The van der Waals surface area contributed by atoms with Crippen molar-refractivity contribution in [3.63, 3.8) is 0 Å². The minimum atomic E-state index is -4.74. The van der Waals surface area contributed by atoms with Crippen LogP contribution in [-0.4, -0.2) is 24.7 Å². The molecule has 0 aromatic heterocycles. The molecular formula is C13H15F3O3. The molecule has 1 N–H and O–H groups in total. The van der Waals surface area contributed by atoms with Gasteiger partial charge in [-0.2, -0.15) is 0 Å². The zero-order valence-corrected chi connectivity index (χ0v) is 10.4. The van der Waals surface area contributed by atoms with Gasteiger partial charge in [0.2, 0.25) is 0 Å². The number of halogens is 3. The molecule has 19 heavy (non-hydrogen) atoms. The lowest BCUT2D eigenvalue weighted by atomic mass is 9.82. The molecule has 1 heterocycles. The standard InChI is InChI=1S/C13H15F3O3/c1-12(17,10-5-6-18-8-10)9-3-2-4-11(7-9)19-13(14,15)16/h2-4,7,10,17H,5-6,8H2,1H3.